The summed E-state index contributed by atoms with van der Waals surface area (Å²) in [4.78, 5) is 0. The van der Waals surface area contributed by atoms with Gasteiger partial charge in [-0.3, -0.25) is 0 Å². The molecule has 0 saturated carbocycles. The minimum absolute atomic E-state index is 0.792. The molecule has 3 aliphatic carbocycles. The molecule has 0 fully saturated rings. The van der Waals surface area contributed by atoms with Gasteiger partial charge in [-0.05, 0) is 38.0 Å². The molecule has 0 N–H and O–H groups in total. The second-order valence-corrected chi connectivity index (χ2v) is 4.50. The van der Waals surface area contributed by atoms with Gasteiger partial charge in [0.05, 0.1) is 0 Å². The molecule has 0 radical (unpaired) electrons. The highest BCUT2D eigenvalue weighted by molar-refractivity contribution is 5.35. The Bertz CT molecular complexity index is 304. The molecule has 3 aliphatic rings. The smallest absolute Gasteiger partial charge is 0.00486 e. The van der Waals surface area contributed by atoms with Crippen molar-refractivity contribution in [3.63, 3.8) is 0 Å². The quantitative estimate of drug-likeness (QED) is 0.489. The lowest BCUT2D eigenvalue weighted by Crippen LogP contribution is -2.08. The van der Waals surface area contributed by atoms with E-state index in [0.29, 0.717) is 0 Å². The van der Waals surface area contributed by atoms with Gasteiger partial charge < -0.3 is 0 Å². The largest absolute Gasteiger partial charge is 0.0802 e. The molecule has 0 heteroatoms. The summed E-state index contributed by atoms with van der Waals surface area (Å²) in [6.07, 6.45) is 16.3. The van der Waals surface area contributed by atoms with Gasteiger partial charge in [0.15, 0.2) is 0 Å². The molecule has 0 spiro atoms. The third-order valence-electron chi connectivity index (χ3n) is 3.76. The van der Waals surface area contributed by atoms with Crippen LogP contribution in [0.2, 0.25) is 0 Å². The van der Waals surface area contributed by atoms with E-state index in [4.69, 9.17) is 0 Å². The molecule has 2 atom stereocenters. The molecule has 0 amide bonds. The molecule has 2 unspecified atom stereocenters. The van der Waals surface area contributed by atoms with Crippen molar-refractivity contribution >= 4 is 0 Å². The highest BCUT2D eigenvalue weighted by Gasteiger charge is 2.32. The zero-order chi connectivity index (χ0) is 8.67. The molecule has 0 heterocycles. The highest BCUT2D eigenvalue weighted by atomic mass is 14.4. The van der Waals surface area contributed by atoms with Crippen molar-refractivity contribution in [3.05, 3.63) is 35.5 Å². The van der Waals surface area contributed by atoms with E-state index < -0.39 is 0 Å². The van der Waals surface area contributed by atoms with Gasteiger partial charge in [-0.25, -0.2) is 0 Å². The van der Waals surface area contributed by atoms with Gasteiger partial charge in [0.1, 0.15) is 0 Å². The summed E-state index contributed by atoms with van der Waals surface area (Å²) in [6.45, 7) is 0. The number of hydrogen-bond donors (Lipinski definition) is 0. The first-order valence-corrected chi connectivity index (χ1v) is 5.51. The van der Waals surface area contributed by atoms with E-state index in [9.17, 15) is 0 Å². The van der Waals surface area contributed by atoms with E-state index in [1.54, 1.807) is 11.1 Å². The fraction of sp³-hybridized carbons (Fsp3) is 0.538. The SMILES string of the molecule is C1=CC2CC3=C(CCCC3)C2C=C1. The van der Waals surface area contributed by atoms with Crippen LogP contribution in [0.5, 0.6) is 0 Å². The Labute approximate surface area is 80.0 Å². The standard InChI is InChI=1S/C13H16/c1-3-7-12-10(5-1)9-11-6-2-4-8-13(11)12/h1,3,5,7,10,12H,2,4,6,8-9H2. The molecule has 0 aromatic carbocycles. The average molecular weight is 172 g/mol. The summed E-state index contributed by atoms with van der Waals surface area (Å²) in [6, 6.07) is 0. The van der Waals surface area contributed by atoms with Crippen LogP contribution in [0.3, 0.4) is 0 Å². The Kier molecular flexibility index (Phi) is 1.68. The number of rotatable bonds is 0. The lowest BCUT2D eigenvalue weighted by atomic mass is 9.85. The van der Waals surface area contributed by atoms with Crippen LogP contribution in [0.25, 0.3) is 0 Å². The summed E-state index contributed by atoms with van der Waals surface area (Å²) in [5, 5.41) is 0. The topological polar surface area (TPSA) is 0 Å². The van der Waals surface area contributed by atoms with Gasteiger partial charge in [-0.2, -0.15) is 0 Å². The van der Waals surface area contributed by atoms with E-state index >= 15 is 0 Å². The molecule has 0 aromatic heterocycles. The van der Waals surface area contributed by atoms with E-state index in [0.717, 1.165) is 11.8 Å². The highest BCUT2D eigenvalue weighted by Crippen LogP contribution is 2.46. The molecular weight excluding hydrogens is 156 g/mol. The number of hydrogen-bond acceptors (Lipinski definition) is 0. The number of allylic oxidation sites excluding steroid dienone is 6. The second-order valence-electron chi connectivity index (χ2n) is 4.50. The average Bonchev–Trinajstić information content (AvgIpc) is 2.56. The van der Waals surface area contributed by atoms with Crippen LogP contribution in [-0.2, 0) is 0 Å². The van der Waals surface area contributed by atoms with Gasteiger partial charge in [-0.1, -0.05) is 35.5 Å². The first-order valence-electron chi connectivity index (χ1n) is 5.51. The predicted molar refractivity (Wildman–Crippen MR) is 55.4 cm³/mol. The Morgan fingerprint density at radius 2 is 1.85 bits per heavy atom. The number of fused-ring (bicyclic) bond motifs is 2. The van der Waals surface area contributed by atoms with Gasteiger partial charge in [0, 0.05) is 5.92 Å². The molecule has 0 aromatic rings. The summed E-state index contributed by atoms with van der Waals surface area (Å²) >= 11 is 0. The van der Waals surface area contributed by atoms with Crippen LogP contribution in [0.15, 0.2) is 35.5 Å². The van der Waals surface area contributed by atoms with Gasteiger partial charge in [-0.15, -0.1) is 0 Å². The van der Waals surface area contributed by atoms with Gasteiger partial charge in [0.25, 0.3) is 0 Å². The van der Waals surface area contributed by atoms with E-state index in [1.807, 2.05) is 0 Å². The maximum Gasteiger partial charge on any atom is 0.00486 e. The third kappa shape index (κ3) is 1.12. The van der Waals surface area contributed by atoms with E-state index in [1.165, 1.54) is 32.1 Å². The molecule has 0 saturated heterocycles. The van der Waals surface area contributed by atoms with Crippen LogP contribution >= 0.6 is 0 Å². The van der Waals surface area contributed by atoms with E-state index in [-0.39, 0.29) is 0 Å². The Balaban J connectivity index is 1.95. The fourth-order valence-electron chi connectivity index (χ4n) is 3.13. The van der Waals surface area contributed by atoms with Crippen LogP contribution in [0.1, 0.15) is 32.1 Å². The lowest BCUT2D eigenvalue weighted by Gasteiger charge is -2.20. The van der Waals surface area contributed by atoms with Crippen molar-refractivity contribution in [1.29, 1.82) is 0 Å². The normalized spacial score (nSPS) is 36.3. The van der Waals surface area contributed by atoms with Crippen LogP contribution in [0, 0.1) is 11.8 Å². The lowest BCUT2D eigenvalue weighted by molar-refractivity contribution is 0.562. The maximum atomic E-state index is 2.42. The summed E-state index contributed by atoms with van der Waals surface area (Å²) in [5.74, 6) is 1.62. The first-order chi connectivity index (χ1) is 6.45. The monoisotopic (exact) mass is 172 g/mol. The molecule has 13 heavy (non-hydrogen) atoms. The first kappa shape index (κ1) is 7.61. The molecule has 3 rings (SSSR count). The van der Waals surface area contributed by atoms with Crippen molar-refractivity contribution in [2.45, 2.75) is 32.1 Å². The van der Waals surface area contributed by atoms with Crippen molar-refractivity contribution in [2.75, 3.05) is 0 Å². The minimum Gasteiger partial charge on any atom is -0.0802 e. The van der Waals surface area contributed by atoms with Crippen molar-refractivity contribution in [2.24, 2.45) is 11.8 Å². The Morgan fingerprint density at radius 1 is 1.00 bits per heavy atom. The molecule has 0 nitrogen and oxygen atoms in total. The summed E-state index contributed by atoms with van der Waals surface area (Å²) in [7, 11) is 0. The molecule has 68 valence electrons. The van der Waals surface area contributed by atoms with Gasteiger partial charge >= 0.3 is 0 Å². The molecule has 0 aliphatic heterocycles. The Morgan fingerprint density at radius 3 is 2.85 bits per heavy atom. The maximum absolute atomic E-state index is 2.42. The van der Waals surface area contributed by atoms with Crippen molar-refractivity contribution in [3.8, 4) is 0 Å². The molecular formula is C13H16. The summed E-state index contributed by atoms with van der Waals surface area (Å²) < 4.78 is 0. The predicted octanol–water partition coefficient (Wildman–Crippen LogP) is 3.62. The zero-order valence-electron chi connectivity index (χ0n) is 8.00. The van der Waals surface area contributed by atoms with E-state index in [2.05, 4.69) is 24.3 Å². The van der Waals surface area contributed by atoms with Crippen molar-refractivity contribution in [1.82, 2.24) is 0 Å². The van der Waals surface area contributed by atoms with Gasteiger partial charge in [0.2, 0.25) is 0 Å². The van der Waals surface area contributed by atoms with Crippen LogP contribution < -0.4 is 0 Å². The second kappa shape index (κ2) is 2.87. The van der Waals surface area contributed by atoms with Crippen molar-refractivity contribution < 1.29 is 0 Å². The molecule has 0 bridgehead atoms. The third-order valence-corrected chi connectivity index (χ3v) is 3.76. The van der Waals surface area contributed by atoms with Crippen LogP contribution in [0.4, 0.5) is 0 Å². The Hall–Kier alpha value is -0.780. The minimum atomic E-state index is 0.792. The zero-order valence-corrected chi connectivity index (χ0v) is 8.00. The van der Waals surface area contributed by atoms with Crippen LogP contribution in [-0.4, -0.2) is 0 Å². The fourth-order valence-corrected chi connectivity index (χ4v) is 3.13. The summed E-state index contributed by atoms with van der Waals surface area (Å²) in [5.41, 5.74) is 3.61.